The second-order valence-electron chi connectivity index (χ2n) is 6.81. The van der Waals surface area contributed by atoms with E-state index in [-0.39, 0.29) is 11.9 Å². The third kappa shape index (κ3) is 2.80. The molecule has 2 bridgehead atoms. The van der Waals surface area contributed by atoms with Crippen molar-refractivity contribution in [3.8, 4) is 11.5 Å². The normalized spacial score (nSPS) is 32.0. The minimum Gasteiger partial charge on any atom is -0.493 e. The average Bonchev–Trinajstić information content (AvgIpc) is 3.18. The van der Waals surface area contributed by atoms with Crippen LogP contribution in [0.3, 0.4) is 0 Å². The fourth-order valence-electron chi connectivity index (χ4n) is 4.17. The largest absolute Gasteiger partial charge is 0.493 e. The van der Waals surface area contributed by atoms with Crippen LogP contribution in [0.4, 0.5) is 4.79 Å². The highest BCUT2D eigenvalue weighted by Crippen LogP contribution is 2.47. The van der Waals surface area contributed by atoms with Crippen LogP contribution in [-0.4, -0.2) is 32.0 Å². The molecule has 0 aromatic heterocycles. The fraction of sp³-hybridized carbons (Fsp3) is 0.556. The zero-order chi connectivity index (χ0) is 15.8. The topological polar surface area (TPSA) is 59.9 Å². The molecule has 1 aromatic rings. The molecule has 5 heteroatoms. The molecule has 4 unspecified atom stereocenters. The monoisotopic (exact) mass is 314 g/mol. The van der Waals surface area contributed by atoms with Crippen molar-refractivity contribution in [2.24, 2.45) is 16.8 Å². The van der Waals surface area contributed by atoms with Crippen molar-refractivity contribution < 1.29 is 14.3 Å². The van der Waals surface area contributed by atoms with Crippen molar-refractivity contribution in [2.75, 3.05) is 13.7 Å². The summed E-state index contributed by atoms with van der Waals surface area (Å²) in [6.45, 7) is 0.572. The molecular weight excluding hydrogens is 292 g/mol. The van der Waals surface area contributed by atoms with E-state index in [0.29, 0.717) is 18.6 Å². The first-order valence-electron chi connectivity index (χ1n) is 8.39. The van der Waals surface area contributed by atoms with Gasteiger partial charge in [0.05, 0.1) is 7.11 Å². The van der Waals surface area contributed by atoms with Gasteiger partial charge in [0, 0.05) is 18.7 Å². The van der Waals surface area contributed by atoms with Crippen LogP contribution in [0.1, 0.15) is 37.2 Å². The second kappa shape index (κ2) is 5.87. The molecule has 122 valence electrons. The summed E-state index contributed by atoms with van der Waals surface area (Å²) in [6, 6.07) is 5.73. The molecule has 0 radical (unpaired) electrons. The lowest BCUT2D eigenvalue weighted by Crippen LogP contribution is -2.31. The van der Waals surface area contributed by atoms with Gasteiger partial charge in [-0.05, 0) is 55.2 Å². The SMILES string of the molecule is COc1ccc(C2C=NC(=O)NC2)cc1OC1CC2CCC1C2. The van der Waals surface area contributed by atoms with Gasteiger partial charge in [0.1, 0.15) is 6.10 Å². The molecule has 1 heterocycles. The number of urea groups is 1. The van der Waals surface area contributed by atoms with Crippen molar-refractivity contribution in [1.82, 2.24) is 5.32 Å². The molecule has 23 heavy (non-hydrogen) atoms. The Morgan fingerprint density at radius 2 is 2.13 bits per heavy atom. The fourth-order valence-corrected chi connectivity index (χ4v) is 4.17. The van der Waals surface area contributed by atoms with E-state index in [1.165, 1.54) is 25.7 Å². The number of carbonyl (C=O) groups is 1. The number of hydrogen-bond donors (Lipinski definition) is 1. The number of fused-ring (bicyclic) bond motifs is 2. The van der Waals surface area contributed by atoms with Crippen LogP contribution in [0.5, 0.6) is 11.5 Å². The standard InChI is InChI=1S/C18H22N2O3/c1-22-15-5-4-12(14-9-19-18(21)20-10-14)8-17(15)23-16-7-11-2-3-13(16)6-11/h4-5,8-9,11,13-14,16H,2-3,6-7,10H2,1H3,(H,20,21). The summed E-state index contributed by atoms with van der Waals surface area (Å²) in [7, 11) is 1.67. The first-order valence-corrected chi connectivity index (χ1v) is 8.39. The van der Waals surface area contributed by atoms with Crippen molar-refractivity contribution in [1.29, 1.82) is 0 Å². The summed E-state index contributed by atoms with van der Waals surface area (Å²) >= 11 is 0. The summed E-state index contributed by atoms with van der Waals surface area (Å²) in [6.07, 6.45) is 7.16. The first-order chi connectivity index (χ1) is 11.2. The van der Waals surface area contributed by atoms with Crippen LogP contribution in [0.15, 0.2) is 23.2 Å². The molecule has 2 fully saturated rings. The van der Waals surface area contributed by atoms with Gasteiger partial charge in [-0.15, -0.1) is 0 Å². The molecule has 5 nitrogen and oxygen atoms in total. The first kappa shape index (κ1) is 14.5. The minimum atomic E-state index is -0.270. The highest BCUT2D eigenvalue weighted by molar-refractivity contribution is 5.89. The van der Waals surface area contributed by atoms with Gasteiger partial charge >= 0.3 is 6.03 Å². The van der Waals surface area contributed by atoms with Crippen LogP contribution in [-0.2, 0) is 0 Å². The van der Waals surface area contributed by atoms with E-state index in [1.807, 2.05) is 18.2 Å². The van der Waals surface area contributed by atoms with Gasteiger partial charge in [-0.3, -0.25) is 0 Å². The van der Waals surface area contributed by atoms with Gasteiger partial charge in [-0.2, -0.15) is 0 Å². The molecule has 2 amide bonds. The van der Waals surface area contributed by atoms with Gasteiger partial charge in [-0.1, -0.05) is 6.07 Å². The van der Waals surface area contributed by atoms with Gasteiger partial charge in [0.15, 0.2) is 11.5 Å². The Hall–Kier alpha value is -2.04. The lowest BCUT2D eigenvalue weighted by atomic mass is 9.97. The van der Waals surface area contributed by atoms with Gasteiger partial charge in [-0.25, -0.2) is 9.79 Å². The number of methoxy groups -OCH3 is 1. The Morgan fingerprint density at radius 3 is 2.78 bits per heavy atom. The Labute approximate surface area is 136 Å². The maximum absolute atomic E-state index is 11.2. The molecule has 1 aliphatic heterocycles. The van der Waals surface area contributed by atoms with E-state index >= 15 is 0 Å². The number of aliphatic imine (C=N–C) groups is 1. The number of nitrogens with one attached hydrogen (secondary N) is 1. The smallest absolute Gasteiger partial charge is 0.340 e. The number of benzene rings is 1. The van der Waals surface area contributed by atoms with Crippen LogP contribution >= 0.6 is 0 Å². The zero-order valence-corrected chi connectivity index (χ0v) is 13.3. The molecule has 3 aliphatic rings. The number of hydrogen-bond acceptors (Lipinski definition) is 3. The van der Waals surface area contributed by atoms with Crippen LogP contribution in [0.25, 0.3) is 0 Å². The van der Waals surface area contributed by atoms with Crippen molar-refractivity contribution in [3.05, 3.63) is 23.8 Å². The molecule has 2 saturated carbocycles. The number of amides is 2. The van der Waals surface area contributed by atoms with E-state index in [0.717, 1.165) is 23.0 Å². The summed E-state index contributed by atoms with van der Waals surface area (Å²) in [5.74, 6) is 3.21. The molecule has 4 rings (SSSR count). The van der Waals surface area contributed by atoms with E-state index in [9.17, 15) is 4.79 Å². The minimum absolute atomic E-state index is 0.0842. The summed E-state index contributed by atoms with van der Waals surface area (Å²) in [5, 5.41) is 2.76. The van der Waals surface area contributed by atoms with E-state index in [2.05, 4.69) is 10.3 Å². The van der Waals surface area contributed by atoms with Crippen LogP contribution in [0, 0.1) is 11.8 Å². The summed E-state index contributed by atoms with van der Waals surface area (Å²) in [5.41, 5.74) is 1.09. The van der Waals surface area contributed by atoms with Crippen molar-refractivity contribution >= 4 is 12.2 Å². The molecule has 0 spiro atoms. The molecule has 1 aromatic carbocycles. The van der Waals surface area contributed by atoms with Crippen molar-refractivity contribution in [3.63, 3.8) is 0 Å². The number of ether oxygens (including phenoxy) is 2. The van der Waals surface area contributed by atoms with E-state index in [1.54, 1.807) is 13.3 Å². The summed E-state index contributed by atoms with van der Waals surface area (Å²) in [4.78, 5) is 15.0. The van der Waals surface area contributed by atoms with Crippen molar-refractivity contribution in [2.45, 2.75) is 37.7 Å². The third-order valence-corrected chi connectivity index (χ3v) is 5.41. The molecular formula is C18H22N2O3. The number of nitrogens with zero attached hydrogens (tertiary/aromatic N) is 1. The molecule has 2 aliphatic carbocycles. The predicted octanol–water partition coefficient (Wildman–Crippen LogP) is 3.14. The number of carbonyl (C=O) groups excluding carboxylic acids is 1. The maximum Gasteiger partial charge on any atom is 0.340 e. The van der Waals surface area contributed by atoms with Gasteiger partial charge in [0.2, 0.25) is 0 Å². The molecule has 1 N–H and O–H groups in total. The summed E-state index contributed by atoms with van der Waals surface area (Å²) < 4.78 is 11.8. The second-order valence-corrected chi connectivity index (χ2v) is 6.81. The predicted molar refractivity (Wildman–Crippen MR) is 87.5 cm³/mol. The molecule has 0 saturated heterocycles. The number of rotatable bonds is 4. The lowest BCUT2D eigenvalue weighted by molar-refractivity contribution is 0.133. The van der Waals surface area contributed by atoms with E-state index in [4.69, 9.17) is 9.47 Å². The Morgan fingerprint density at radius 1 is 1.22 bits per heavy atom. The highest BCUT2D eigenvalue weighted by Gasteiger charge is 2.41. The lowest BCUT2D eigenvalue weighted by Gasteiger charge is -2.25. The van der Waals surface area contributed by atoms with E-state index < -0.39 is 0 Å². The zero-order valence-electron chi connectivity index (χ0n) is 13.3. The van der Waals surface area contributed by atoms with Crippen LogP contribution in [0.2, 0.25) is 0 Å². The molecule has 4 atom stereocenters. The van der Waals surface area contributed by atoms with Crippen LogP contribution < -0.4 is 14.8 Å². The Bertz CT molecular complexity index is 643. The average molecular weight is 314 g/mol. The quantitative estimate of drug-likeness (QED) is 0.929. The van der Waals surface area contributed by atoms with Gasteiger partial charge < -0.3 is 14.8 Å². The highest BCUT2D eigenvalue weighted by atomic mass is 16.5. The Kier molecular flexibility index (Phi) is 3.71. The van der Waals surface area contributed by atoms with Gasteiger partial charge in [0.25, 0.3) is 0 Å². The Balaban J connectivity index is 1.56. The maximum atomic E-state index is 11.2. The third-order valence-electron chi connectivity index (χ3n) is 5.41.